The second-order valence-electron chi connectivity index (χ2n) is 3.98. The molecule has 0 amide bonds. The van der Waals surface area contributed by atoms with Crippen LogP contribution in [-0.4, -0.2) is 0 Å². The minimum Gasteiger partial charge on any atom is -0.468 e. The first-order valence-electron chi connectivity index (χ1n) is 5.37. The Balaban J connectivity index is 1.69. The van der Waals surface area contributed by atoms with E-state index in [4.69, 9.17) is 16.0 Å². The van der Waals surface area contributed by atoms with Crippen LogP contribution in [0.15, 0.2) is 28.9 Å². The van der Waals surface area contributed by atoms with Crippen LogP contribution in [0, 0.1) is 0 Å². The summed E-state index contributed by atoms with van der Waals surface area (Å²) in [5.74, 6) is 0.981. The Bertz CT molecular complexity index is 477. The zero-order valence-corrected chi connectivity index (χ0v) is 10.3. The summed E-state index contributed by atoms with van der Waals surface area (Å²) in [6.07, 6.45) is 4.01. The van der Waals surface area contributed by atoms with Gasteiger partial charge in [0, 0.05) is 10.9 Å². The van der Waals surface area contributed by atoms with Gasteiger partial charge >= 0.3 is 0 Å². The van der Waals surface area contributed by atoms with E-state index in [1.54, 1.807) is 17.6 Å². The molecular formula is C12H12ClNOS. The third-order valence-corrected chi connectivity index (χ3v) is 4.29. The Morgan fingerprint density at radius 2 is 2.50 bits per heavy atom. The monoisotopic (exact) mass is 253 g/mol. The number of thiophene rings is 1. The molecule has 0 aromatic carbocycles. The average molecular weight is 254 g/mol. The van der Waals surface area contributed by atoms with Crippen molar-refractivity contribution in [1.82, 2.24) is 5.32 Å². The molecule has 1 N–H and O–H groups in total. The molecular weight excluding hydrogens is 242 g/mol. The summed E-state index contributed by atoms with van der Waals surface area (Å²) in [4.78, 5) is 1.43. The molecule has 0 saturated heterocycles. The van der Waals surface area contributed by atoms with E-state index in [0.29, 0.717) is 6.04 Å². The van der Waals surface area contributed by atoms with Gasteiger partial charge in [-0.05, 0) is 36.6 Å². The van der Waals surface area contributed by atoms with E-state index in [2.05, 4.69) is 11.4 Å². The summed E-state index contributed by atoms with van der Waals surface area (Å²) in [5.41, 5.74) is 1.38. The van der Waals surface area contributed by atoms with Crippen LogP contribution in [0.1, 0.15) is 28.7 Å². The average Bonchev–Trinajstić information content (AvgIpc) is 2.91. The molecule has 1 aliphatic carbocycles. The maximum atomic E-state index is 6.02. The van der Waals surface area contributed by atoms with Crippen LogP contribution in [-0.2, 0) is 13.0 Å². The molecule has 1 atom stereocenters. The maximum absolute atomic E-state index is 6.02. The lowest BCUT2D eigenvalue weighted by Gasteiger charge is -2.11. The van der Waals surface area contributed by atoms with Crippen molar-refractivity contribution < 1.29 is 4.42 Å². The lowest BCUT2D eigenvalue weighted by Crippen LogP contribution is -2.17. The van der Waals surface area contributed by atoms with Crippen molar-refractivity contribution >= 4 is 22.9 Å². The van der Waals surface area contributed by atoms with E-state index in [1.807, 2.05) is 12.1 Å². The number of aryl methyl sites for hydroxylation is 1. The summed E-state index contributed by atoms with van der Waals surface area (Å²) < 4.78 is 6.20. The molecule has 84 valence electrons. The fourth-order valence-corrected chi connectivity index (χ4v) is 3.54. The molecule has 0 spiro atoms. The second-order valence-corrected chi connectivity index (χ2v) is 5.75. The minimum absolute atomic E-state index is 0.434. The van der Waals surface area contributed by atoms with E-state index < -0.39 is 0 Å². The molecule has 0 aliphatic heterocycles. The van der Waals surface area contributed by atoms with Crippen LogP contribution in [0.2, 0.25) is 4.34 Å². The minimum atomic E-state index is 0.434. The standard InChI is InChI=1S/C12H12ClNOS/c13-12-6-9-10(3-4-11(9)16-12)14-7-8-2-1-5-15-8/h1-2,5-6,10,14H,3-4,7H2. The summed E-state index contributed by atoms with van der Waals surface area (Å²) in [6, 6.07) is 6.43. The normalized spacial score (nSPS) is 18.9. The van der Waals surface area contributed by atoms with Crippen molar-refractivity contribution in [2.24, 2.45) is 0 Å². The van der Waals surface area contributed by atoms with Gasteiger partial charge in [-0.15, -0.1) is 11.3 Å². The van der Waals surface area contributed by atoms with Crippen LogP contribution in [0.4, 0.5) is 0 Å². The predicted octanol–water partition coefficient (Wildman–Crippen LogP) is 3.77. The van der Waals surface area contributed by atoms with Crippen molar-refractivity contribution in [2.75, 3.05) is 0 Å². The van der Waals surface area contributed by atoms with Crippen LogP contribution in [0.25, 0.3) is 0 Å². The van der Waals surface area contributed by atoms with Crippen LogP contribution >= 0.6 is 22.9 Å². The Hall–Kier alpha value is -0.770. The van der Waals surface area contributed by atoms with Gasteiger partial charge in [-0.1, -0.05) is 11.6 Å². The Labute approximate surface area is 103 Å². The van der Waals surface area contributed by atoms with E-state index >= 15 is 0 Å². The molecule has 2 aromatic heterocycles. The zero-order chi connectivity index (χ0) is 11.0. The largest absolute Gasteiger partial charge is 0.468 e. The van der Waals surface area contributed by atoms with Crippen molar-refractivity contribution in [3.05, 3.63) is 45.0 Å². The number of rotatable bonds is 3. The smallest absolute Gasteiger partial charge is 0.117 e. The summed E-state index contributed by atoms with van der Waals surface area (Å²) in [6.45, 7) is 0.782. The number of halogens is 1. The van der Waals surface area contributed by atoms with Crippen LogP contribution < -0.4 is 5.32 Å². The molecule has 16 heavy (non-hydrogen) atoms. The first-order valence-corrected chi connectivity index (χ1v) is 6.56. The zero-order valence-electron chi connectivity index (χ0n) is 8.70. The first kappa shape index (κ1) is 10.4. The SMILES string of the molecule is Clc1cc2c(s1)CCC2NCc1ccco1. The molecule has 0 bridgehead atoms. The number of nitrogens with one attached hydrogen (secondary N) is 1. The van der Waals surface area contributed by atoms with E-state index in [0.717, 1.165) is 23.1 Å². The summed E-state index contributed by atoms with van der Waals surface area (Å²) >= 11 is 7.72. The van der Waals surface area contributed by atoms with Gasteiger partial charge in [0.1, 0.15) is 5.76 Å². The Kier molecular flexibility index (Phi) is 2.75. The van der Waals surface area contributed by atoms with Crippen molar-refractivity contribution in [1.29, 1.82) is 0 Å². The Morgan fingerprint density at radius 1 is 1.56 bits per heavy atom. The van der Waals surface area contributed by atoms with Gasteiger partial charge in [0.15, 0.2) is 0 Å². The topological polar surface area (TPSA) is 25.2 Å². The van der Waals surface area contributed by atoms with Crippen molar-refractivity contribution in [3.8, 4) is 0 Å². The van der Waals surface area contributed by atoms with Crippen LogP contribution in [0.3, 0.4) is 0 Å². The molecule has 3 rings (SSSR count). The molecule has 0 fully saturated rings. The highest BCUT2D eigenvalue weighted by Crippen LogP contribution is 2.39. The van der Waals surface area contributed by atoms with Crippen molar-refractivity contribution in [3.63, 3.8) is 0 Å². The first-order chi connectivity index (χ1) is 7.83. The molecule has 0 radical (unpaired) electrons. The molecule has 2 nitrogen and oxygen atoms in total. The molecule has 1 aliphatic rings. The van der Waals surface area contributed by atoms with Gasteiger partial charge in [-0.2, -0.15) is 0 Å². The van der Waals surface area contributed by atoms with Gasteiger partial charge < -0.3 is 9.73 Å². The predicted molar refractivity (Wildman–Crippen MR) is 65.9 cm³/mol. The molecule has 0 saturated carbocycles. The number of furan rings is 1. The fourth-order valence-electron chi connectivity index (χ4n) is 2.18. The van der Waals surface area contributed by atoms with E-state index in [1.165, 1.54) is 16.9 Å². The lowest BCUT2D eigenvalue weighted by molar-refractivity contribution is 0.448. The molecule has 2 heterocycles. The molecule has 1 unspecified atom stereocenters. The second kappa shape index (κ2) is 4.24. The van der Waals surface area contributed by atoms with Gasteiger partial charge in [0.25, 0.3) is 0 Å². The highest BCUT2D eigenvalue weighted by molar-refractivity contribution is 7.16. The number of fused-ring (bicyclic) bond motifs is 1. The highest BCUT2D eigenvalue weighted by Gasteiger charge is 2.24. The third-order valence-electron chi connectivity index (χ3n) is 2.95. The maximum Gasteiger partial charge on any atom is 0.117 e. The van der Waals surface area contributed by atoms with Gasteiger partial charge in [-0.25, -0.2) is 0 Å². The number of hydrogen-bond acceptors (Lipinski definition) is 3. The van der Waals surface area contributed by atoms with Crippen LogP contribution in [0.5, 0.6) is 0 Å². The van der Waals surface area contributed by atoms with E-state index in [9.17, 15) is 0 Å². The quantitative estimate of drug-likeness (QED) is 0.901. The number of hydrogen-bond donors (Lipinski definition) is 1. The Morgan fingerprint density at radius 3 is 3.31 bits per heavy atom. The summed E-state index contributed by atoms with van der Waals surface area (Å²) in [5, 5.41) is 3.51. The third kappa shape index (κ3) is 1.90. The molecule has 2 aromatic rings. The highest BCUT2D eigenvalue weighted by atomic mass is 35.5. The van der Waals surface area contributed by atoms with Gasteiger partial charge in [-0.3, -0.25) is 0 Å². The fraction of sp³-hybridized carbons (Fsp3) is 0.333. The van der Waals surface area contributed by atoms with E-state index in [-0.39, 0.29) is 0 Å². The lowest BCUT2D eigenvalue weighted by atomic mass is 10.2. The van der Waals surface area contributed by atoms with Crippen molar-refractivity contribution in [2.45, 2.75) is 25.4 Å². The summed E-state index contributed by atoms with van der Waals surface area (Å²) in [7, 11) is 0. The van der Waals surface area contributed by atoms with Gasteiger partial charge in [0.05, 0.1) is 17.1 Å². The molecule has 4 heteroatoms. The van der Waals surface area contributed by atoms with Gasteiger partial charge in [0.2, 0.25) is 0 Å².